The van der Waals surface area contributed by atoms with Gasteiger partial charge in [-0.1, -0.05) is 26.5 Å². The molecule has 1 aromatic carbocycles. The molecule has 22 heavy (non-hydrogen) atoms. The van der Waals surface area contributed by atoms with E-state index in [0.29, 0.717) is 18.0 Å². The predicted octanol–water partition coefficient (Wildman–Crippen LogP) is 3.17. The number of amides is 2. The molecular formula is C17H26N2O3. The van der Waals surface area contributed by atoms with E-state index >= 15 is 0 Å². The van der Waals surface area contributed by atoms with Crippen molar-refractivity contribution >= 4 is 11.7 Å². The molecular weight excluding hydrogens is 280 g/mol. The molecule has 0 saturated carbocycles. The van der Waals surface area contributed by atoms with E-state index in [1.54, 1.807) is 25.1 Å². The third-order valence-corrected chi connectivity index (χ3v) is 3.43. The van der Waals surface area contributed by atoms with Crippen LogP contribution in [0.2, 0.25) is 0 Å². The van der Waals surface area contributed by atoms with Crippen molar-refractivity contribution in [3.8, 4) is 5.75 Å². The Morgan fingerprint density at radius 1 is 1.45 bits per heavy atom. The number of rotatable bonds is 7. The number of carbonyl (C=O) groups is 1. The SMILES string of the molecule is C=C(C)COc1cccc(NC(=O)NCC(C)(O)C(C)C)c1. The number of hydrogen-bond donors (Lipinski definition) is 3. The van der Waals surface area contributed by atoms with Gasteiger partial charge in [-0.15, -0.1) is 0 Å². The fourth-order valence-electron chi connectivity index (χ4n) is 1.51. The lowest BCUT2D eigenvalue weighted by Crippen LogP contribution is -2.45. The lowest BCUT2D eigenvalue weighted by atomic mass is 9.93. The number of ether oxygens (including phenoxy) is 1. The average Bonchev–Trinajstić information content (AvgIpc) is 2.43. The zero-order chi connectivity index (χ0) is 16.8. The second-order valence-electron chi connectivity index (χ2n) is 6.09. The van der Waals surface area contributed by atoms with Crippen molar-refractivity contribution in [2.24, 2.45) is 5.92 Å². The van der Waals surface area contributed by atoms with Crippen LogP contribution >= 0.6 is 0 Å². The molecule has 2 amide bonds. The number of urea groups is 1. The quantitative estimate of drug-likeness (QED) is 0.678. The summed E-state index contributed by atoms with van der Waals surface area (Å²) in [5.41, 5.74) is 0.608. The van der Waals surface area contributed by atoms with Crippen molar-refractivity contribution in [2.75, 3.05) is 18.5 Å². The summed E-state index contributed by atoms with van der Waals surface area (Å²) in [5.74, 6) is 0.710. The Morgan fingerprint density at radius 2 is 2.14 bits per heavy atom. The summed E-state index contributed by atoms with van der Waals surface area (Å²) in [5, 5.41) is 15.5. The third kappa shape index (κ3) is 6.18. The first-order valence-electron chi connectivity index (χ1n) is 7.35. The van der Waals surface area contributed by atoms with Crippen molar-refractivity contribution in [3.63, 3.8) is 0 Å². The number of aliphatic hydroxyl groups is 1. The summed E-state index contributed by atoms with van der Waals surface area (Å²) < 4.78 is 5.52. The summed E-state index contributed by atoms with van der Waals surface area (Å²) in [7, 11) is 0. The van der Waals surface area contributed by atoms with E-state index in [4.69, 9.17) is 4.74 Å². The molecule has 5 nitrogen and oxygen atoms in total. The average molecular weight is 306 g/mol. The van der Waals surface area contributed by atoms with Gasteiger partial charge in [0.2, 0.25) is 0 Å². The van der Waals surface area contributed by atoms with Crippen LogP contribution in [-0.4, -0.2) is 29.9 Å². The first-order valence-corrected chi connectivity index (χ1v) is 7.35. The Labute approximate surface area is 132 Å². The molecule has 1 aromatic rings. The van der Waals surface area contributed by atoms with Crippen LogP contribution < -0.4 is 15.4 Å². The molecule has 0 aliphatic carbocycles. The molecule has 0 bridgehead atoms. The highest BCUT2D eigenvalue weighted by Gasteiger charge is 2.25. The van der Waals surface area contributed by atoms with Gasteiger partial charge in [-0.3, -0.25) is 0 Å². The van der Waals surface area contributed by atoms with Crippen LogP contribution in [0.4, 0.5) is 10.5 Å². The van der Waals surface area contributed by atoms with Crippen LogP contribution in [0.1, 0.15) is 27.7 Å². The molecule has 3 N–H and O–H groups in total. The van der Waals surface area contributed by atoms with Crippen LogP contribution in [-0.2, 0) is 0 Å². The van der Waals surface area contributed by atoms with Crippen molar-refractivity contribution in [1.82, 2.24) is 5.32 Å². The molecule has 1 rings (SSSR count). The molecule has 0 saturated heterocycles. The minimum absolute atomic E-state index is 0.0478. The zero-order valence-corrected chi connectivity index (χ0v) is 13.8. The van der Waals surface area contributed by atoms with Gasteiger partial charge < -0.3 is 20.5 Å². The molecule has 0 aliphatic rings. The van der Waals surface area contributed by atoms with Crippen LogP contribution in [0.5, 0.6) is 5.75 Å². The Balaban J connectivity index is 2.54. The monoisotopic (exact) mass is 306 g/mol. The second kappa shape index (κ2) is 7.84. The number of benzene rings is 1. The Morgan fingerprint density at radius 3 is 2.73 bits per heavy atom. The predicted molar refractivity (Wildman–Crippen MR) is 89.2 cm³/mol. The normalized spacial score (nSPS) is 13.4. The molecule has 0 radical (unpaired) electrons. The summed E-state index contributed by atoms with van der Waals surface area (Å²) >= 11 is 0. The molecule has 0 aromatic heterocycles. The number of anilines is 1. The lowest BCUT2D eigenvalue weighted by molar-refractivity contribution is 0.0170. The van der Waals surface area contributed by atoms with E-state index in [0.717, 1.165) is 5.57 Å². The van der Waals surface area contributed by atoms with Crippen LogP contribution in [0, 0.1) is 5.92 Å². The van der Waals surface area contributed by atoms with Gasteiger partial charge in [0.25, 0.3) is 0 Å². The van der Waals surface area contributed by atoms with E-state index < -0.39 is 5.60 Å². The van der Waals surface area contributed by atoms with Crippen LogP contribution in [0.15, 0.2) is 36.4 Å². The minimum Gasteiger partial charge on any atom is -0.489 e. The van der Waals surface area contributed by atoms with E-state index in [1.165, 1.54) is 0 Å². The maximum atomic E-state index is 11.9. The maximum absolute atomic E-state index is 11.9. The van der Waals surface area contributed by atoms with Crippen molar-refractivity contribution in [1.29, 1.82) is 0 Å². The third-order valence-electron chi connectivity index (χ3n) is 3.43. The van der Waals surface area contributed by atoms with E-state index in [2.05, 4.69) is 17.2 Å². The van der Waals surface area contributed by atoms with Crippen molar-refractivity contribution in [3.05, 3.63) is 36.4 Å². The first-order chi connectivity index (χ1) is 10.2. The first kappa shape index (κ1) is 18.0. The smallest absolute Gasteiger partial charge is 0.319 e. The van der Waals surface area contributed by atoms with Gasteiger partial charge in [0.1, 0.15) is 12.4 Å². The maximum Gasteiger partial charge on any atom is 0.319 e. The minimum atomic E-state index is -0.941. The molecule has 1 atom stereocenters. The van der Waals surface area contributed by atoms with Gasteiger partial charge in [-0.05, 0) is 37.5 Å². The zero-order valence-electron chi connectivity index (χ0n) is 13.8. The van der Waals surface area contributed by atoms with Gasteiger partial charge >= 0.3 is 6.03 Å². The largest absolute Gasteiger partial charge is 0.489 e. The fraction of sp³-hybridized carbons (Fsp3) is 0.471. The second-order valence-corrected chi connectivity index (χ2v) is 6.09. The number of nitrogens with one attached hydrogen (secondary N) is 2. The molecule has 0 heterocycles. The summed E-state index contributed by atoms with van der Waals surface area (Å²) in [4.78, 5) is 11.9. The Hall–Kier alpha value is -2.01. The summed E-state index contributed by atoms with van der Waals surface area (Å²) in [6.07, 6.45) is 0. The number of carbonyl (C=O) groups excluding carboxylic acids is 1. The molecule has 0 spiro atoms. The Bertz CT molecular complexity index is 524. The van der Waals surface area contributed by atoms with Gasteiger partial charge in [0, 0.05) is 18.3 Å². The van der Waals surface area contributed by atoms with Gasteiger partial charge in [-0.2, -0.15) is 0 Å². The highest BCUT2D eigenvalue weighted by molar-refractivity contribution is 5.89. The van der Waals surface area contributed by atoms with Crippen molar-refractivity contribution < 1.29 is 14.6 Å². The summed E-state index contributed by atoms with van der Waals surface area (Å²) in [6, 6.07) is 6.76. The molecule has 122 valence electrons. The Kier molecular flexibility index (Phi) is 6.43. The van der Waals surface area contributed by atoms with E-state index in [-0.39, 0.29) is 18.5 Å². The van der Waals surface area contributed by atoms with Gasteiger partial charge in [0.05, 0.1) is 5.60 Å². The topological polar surface area (TPSA) is 70.6 Å². The van der Waals surface area contributed by atoms with E-state index in [9.17, 15) is 9.90 Å². The number of hydrogen-bond acceptors (Lipinski definition) is 3. The van der Waals surface area contributed by atoms with E-state index in [1.807, 2.05) is 26.8 Å². The standard InChI is InChI=1S/C17H26N2O3/c1-12(2)10-22-15-8-6-7-14(9-15)19-16(20)18-11-17(5,21)13(3)4/h6-9,13,21H,1,10-11H2,2-5H3,(H2,18,19,20). The van der Waals surface area contributed by atoms with Crippen molar-refractivity contribution in [2.45, 2.75) is 33.3 Å². The highest BCUT2D eigenvalue weighted by atomic mass is 16.5. The summed E-state index contributed by atoms with van der Waals surface area (Å²) in [6.45, 7) is 11.8. The van der Waals surface area contributed by atoms with Gasteiger partial charge in [-0.25, -0.2) is 4.79 Å². The molecule has 5 heteroatoms. The molecule has 0 fully saturated rings. The fourth-order valence-corrected chi connectivity index (χ4v) is 1.51. The van der Waals surface area contributed by atoms with Crippen LogP contribution in [0.25, 0.3) is 0 Å². The molecule has 1 unspecified atom stereocenters. The highest BCUT2D eigenvalue weighted by Crippen LogP contribution is 2.18. The van der Waals surface area contributed by atoms with Crippen LogP contribution in [0.3, 0.4) is 0 Å². The lowest BCUT2D eigenvalue weighted by Gasteiger charge is -2.27. The van der Waals surface area contributed by atoms with Gasteiger partial charge in [0.15, 0.2) is 0 Å². The molecule has 0 aliphatic heterocycles.